The summed E-state index contributed by atoms with van der Waals surface area (Å²) in [5.74, 6) is 0.567. The molecule has 0 spiro atoms. The van der Waals surface area contributed by atoms with Gasteiger partial charge in [0.25, 0.3) is 0 Å². The fourth-order valence-corrected chi connectivity index (χ4v) is 3.15. The van der Waals surface area contributed by atoms with E-state index in [4.69, 9.17) is 0 Å². The molecule has 0 bridgehead atoms. The molecule has 0 radical (unpaired) electrons. The number of amides is 3. The Morgan fingerprint density at radius 3 is 2.70 bits per heavy atom. The van der Waals surface area contributed by atoms with E-state index >= 15 is 0 Å². The fourth-order valence-electron chi connectivity index (χ4n) is 3.15. The third kappa shape index (κ3) is 3.65. The quantitative estimate of drug-likeness (QED) is 0.920. The topological polar surface area (TPSA) is 70.5 Å². The second-order valence-corrected chi connectivity index (χ2v) is 6.34. The summed E-state index contributed by atoms with van der Waals surface area (Å²) in [5, 5.41) is 7.40. The highest BCUT2D eigenvalue weighted by atomic mass is 16.2. The Labute approximate surface area is 137 Å². The first kappa shape index (κ1) is 17.3. The number of urea groups is 1. The number of anilines is 1. The molecule has 1 fully saturated rings. The number of likely N-dealkylation sites (tertiary alicyclic amines) is 1. The maximum Gasteiger partial charge on any atom is 0.319 e. The summed E-state index contributed by atoms with van der Waals surface area (Å²) in [4.78, 5) is 28.0. The van der Waals surface area contributed by atoms with Crippen LogP contribution in [0.25, 0.3) is 0 Å². The molecule has 0 aliphatic carbocycles. The number of piperidine rings is 1. The van der Waals surface area contributed by atoms with Crippen LogP contribution >= 0.6 is 0 Å². The average molecular weight is 321 g/mol. The summed E-state index contributed by atoms with van der Waals surface area (Å²) in [6, 6.07) is -0.0341. The number of nitrogens with zero attached hydrogens (tertiary/aromatic N) is 4. The van der Waals surface area contributed by atoms with Crippen molar-refractivity contribution in [2.75, 3.05) is 32.5 Å². The van der Waals surface area contributed by atoms with E-state index in [1.165, 1.54) is 0 Å². The number of aromatic nitrogens is 2. The van der Waals surface area contributed by atoms with E-state index in [-0.39, 0.29) is 17.9 Å². The highest BCUT2D eigenvalue weighted by molar-refractivity contribution is 5.93. The second-order valence-electron chi connectivity index (χ2n) is 6.34. The van der Waals surface area contributed by atoms with Crippen molar-refractivity contribution in [1.29, 1.82) is 0 Å². The number of rotatable bonds is 3. The van der Waals surface area contributed by atoms with Gasteiger partial charge in [0.15, 0.2) is 0 Å². The van der Waals surface area contributed by atoms with E-state index in [0.717, 1.165) is 36.3 Å². The lowest BCUT2D eigenvalue weighted by Crippen LogP contribution is -2.47. The van der Waals surface area contributed by atoms with Gasteiger partial charge >= 0.3 is 6.03 Å². The molecule has 23 heavy (non-hydrogen) atoms. The van der Waals surface area contributed by atoms with E-state index in [1.807, 2.05) is 14.0 Å². The van der Waals surface area contributed by atoms with Gasteiger partial charge in [0.1, 0.15) is 5.82 Å². The van der Waals surface area contributed by atoms with Gasteiger partial charge in [-0.05, 0) is 26.2 Å². The van der Waals surface area contributed by atoms with Crippen LogP contribution in [0.4, 0.5) is 10.6 Å². The third-order valence-electron chi connectivity index (χ3n) is 4.39. The molecule has 1 aliphatic heterocycles. The van der Waals surface area contributed by atoms with Crippen molar-refractivity contribution in [3.8, 4) is 0 Å². The fraction of sp³-hybridized carbons (Fsp3) is 0.688. The smallest absolute Gasteiger partial charge is 0.319 e. The normalized spacial score (nSPS) is 18.0. The lowest BCUT2D eigenvalue weighted by molar-refractivity contribution is -0.121. The maximum absolute atomic E-state index is 12.6. The molecule has 3 amide bonds. The van der Waals surface area contributed by atoms with Crippen LogP contribution in [0.15, 0.2) is 0 Å². The van der Waals surface area contributed by atoms with Crippen molar-refractivity contribution in [2.45, 2.75) is 33.1 Å². The van der Waals surface area contributed by atoms with Crippen molar-refractivity contribution in [3.05, 3.63) is 11.3 Å². The van der Waals surface area contributed by atoms with Gasteiger partial charge < -0.3 is 15.1 Å². The molecule has 1 atom stereocenters. The van der Waals surface area contributed by atoms with E-state index in [1.54, 1.807) is 28.6 Å². The average Bonchev–Trinajstić information content (AvgIpc) is 2.79. The minimum absolute atomic E-state index is 0.0287. The molecule has 1 N–H and O–H groups in total. The summed E-state index contributed by atoms with van der Waals surface area (Å²) in [6.07, 6.45) is 2.48. The predicted molar refractivity (Wildman–Crippen MR) is 89.3 cm³/mol. The Bertz CT molecular complexity index is 594. The van der Waals surface area contributed by atoms with Gasteiger partial charge in [-0.3, -0.25) is 9.48 Å². The van der Waals surface area contributed by atoms with Crippen molar-refractivity contribution in [1.82, 2.24) is 19.6 Å². The van der Waals surface area contributed by atoms with Crippen molar-refractivity contribution >= 4 is 17.8 Å². The first-order valence-corrected chi connectivity index (χ1v) is 8.14. The molecule has 1 unspecified atom stereocenters. The molecule has 7 nitrogen and oxygen atoms in total. The molecule has 128 valence electrons. The minimum Gasteiger partial charge on any atom is -0.331 e. The van der Waals surface area contributed by atoms with Crippen molar-refractivity contribution in [2.24, 2.45) is 13.0 Å². The van der Waals surface area contributed by atoms with Gasteiger partial charge in [-0.15, -0.1) is 0 Å². The molecule has 7 heteroatoms. The monoisotopic (exact) mass is 321 g/mol. The van der Waals surface area contributed by atoms with Crippen molar-refractivity contribution < 1.29 is 9.59 Å². The molecule has 1 saturated heterocycles. The maximum atomic E-state index is 12.6. The summed E-state index contributed by atoms with van der Waals surface area (Å²) < 4.78 is 1.72. The Morgan fingerprint density at radius 2 is 2.09 bits per heavy atom. The number of aryl methyl sites for hydroxylation is 2. The van der Waals surface area contributed by atoms with Crippen LogP contribution in [0.1, 0.15) is 31.0 Å². The predicted octanol–water partition coefficient (Wildman–Crippen LogP) is 1.62. The summed E-state index contributed by atoms with van der Waals surface area (Å²) >= 11 is 0. The van der Waals surface area contributed by atoms with E-state index < -0.39 is 0 Å². The number of hydrogen-bond donors (Lipinski definition) is 1. The molecule has 1 aromatic rings. The first-order valence-electron chi connectivity index (χ1n) is 8.14. The van der Waals surface area contributed by atoms with Gasteiger partial charge in [-0.25, -0.2) is 4.79 Å². The Morgan fingerprint density at radius 1 is 1.39 bits per heavy atom. The molecule has 0 aromatic carbocycles. The second kappa shape index (κ2) is 7.02. The lowest BCUT2D eigenvalue weighted by Gasteiger charge is -2.33. The SMILES string of the molecule is CCc1c(C)nn(C)c1NC(=O)C1CCCN(C(=O)N(C)C)C1. The molecule has 2 rings (SSSR count). The van der Waals surface area contributed by atoms with Crippen LogP contribution in [0, 0.1) is 12.8 Å². The van der Waals surface area contributed by atoms with E-state index in [2.05, 4.69) is 17.3 Å². The molecular formula is C16H27N5O2. The summed E-state index contributed by atoms with van der Waals surface area (Å²) in [7, 11) is 5.31. The van der Waals surface area contributed by atoms with Gasteiger partial charge in [-0.1, -0.05) is 6.92 Å². The first-order chi connectivity index (χ1) is 10.8. The number of hydrogen-bond acceptors (Lipinski definition) is 3. The Balaban J connectivity index is 2.08. The lowest BCUT2D eigenvalue weighted by atomic mass is 9.97. The highest BCUT2D eigenvalue weighted by Gasteiger charge is 2.30. The van der Waals surface area contributed by atoms with E-state index in [0.29, 0.717) is 13.1 Å². The summed E-state index contributed by atoms with van der Waals surface area (Å²) in [6.45, 7) is 5.19. The van der Waals surface area contributed by atoms with Crippen LogP contribution in [-0.2, 0) is 18.3 Å². The van der Waals surface area contributed by atoms with Gasteiger partial charge in [-0.2, -0.15) is 5.10 Å². The highest BCUT2D eigenvalue weighted by Crippen LogP contribution is 2.23. The van der Waals surface area contributed by atoms with E-state index in [9.17, 15) is 9.59 Å². The van der Waals surface area contributed by atoms with Crippen LogP contribution < -0.4 is 5.32 Å². The standard InChI is InChI=1S/C16H27N5O2/c1-6-13-11(2)18-20(5)14(13)17-15(22)12-8-7-9-21(10-12)16(23)19(3)4/h12H,6-10H2,1-5H3,(H,17,22). The van der Waals surface area contributed by atoms with Gasteiger partial charge in [0.2, 0.25) is 5.91 Å². The van der Waals surface area contributed by atoms with Crippen LogP contribution in [0.3, 0.4) is 0 Å². The number of nitrogens with one attached hydrogen (secondary N) is 1. The third-order valence-corrected chi connectivity index (χ3v) is 4.39. The molecule has 0 saturated carbocycles. The number of carbonyl (C=O) groups is 2. The van der Waals surface area contributed by atoms with Gasteiger partial charge in [0.05, 0.1) is 11.6 Å². The zero-order valence-corrected chi connectivity index (χ0v) is 14.7. The molecule has 1 aromatic heterocycles. The molecule has 1 aliphatic rings. The van der Waals surface area contributed by atoms with Crippen LogP contribution in [0.5, 0.6) is 0 Å². The van der Waals surface area contributed by atoms with Crippen LogP contribution in [0.2, 0.25) is 0 Å². The largest absolute Gasteiger partial charge is 0.331 e. The van der Waals surface area contributed by atoms with Gasteiger partial charge in [0, 0.05) is 39.8 Å². The zero-order chi connectivity index (χ0) is 17.1. The summed E-state index contributed by atoms with van der Waals surface area (Å²) in [5.41, 5.74) is 2.01. The molecular weight excluding hydrogens is 294 g/mol. The van der Waals surface area contributed by atoms with Crippen LogP contribution in [-0.4, -0.2) is 58.7 Å². The Kier molecular flexibility index (Phi) is 5.28. The molecule has 2 heterocycles. The Hall–Kier alpha value is -2.05. The minimum atomic E-state index is -0.174. The zero-order valence-electron chi connectivity index (χ0n) is 14.7. The van der Waals surface area contributed by atoms with Crippen molar-refractivity contribution in [3.63, 3.8) is 0 Å². The number of carbonyl (C=O) groups excluding carboxylic acids is 2.